The van der Waals surface area contributed by atoms with Gasteiger partial charge >= 0.3 is 6.09 Å². The monoisotopic (exact) mass is 530 g/mol. The van der Waals surface area contributed by atoms with Crippen molar-refractivity contribution in [1.82, 2.24) is 15.1 Å². The SMILES string of the molecule is CN(CCNC(=O)OCc1ccc(OC2CC(O)C(O)C(CO)O2)cc1[N+](=O)[O-])CCN(C)COC=O. The van der Waals surface area contributed by atoms with Crippen LogP contribution in [0.15, 0.2) is 18.2 Å². The lowest BCUT2D eigenvalue weighted by molar-refractivity contribution is -0.386. The van der Waals surface area contributed by atoms with Crippen molar-refractivity contribution in [3.05, 3.63) is 33.9 Å². The molecular formula is C22H34N4O11. The second-order valence-electron chi connectivity index (χ2n) is 8.52. The second-order valence-corrected chi connectivity index (χ2v) is 8.52. The van der Waals surface area contributed by atoms with E-state index in [4.69, 9.17) is 14.2 Å². The molecule has 15 heteroatoms. The lowest BCUT2D eigenvalue weighted by Crippen LogP contribution is -2.51. The van der Waals surface area contributed by atoms with E-state index in [1.54, 1.807) is 7.05 Å². The van der Waals surface area contributed by atoms with Gasteiger partial charge in [-0.2, -0.15) is 0 Å². The highest BCUT2D eigenvalue weighted by Crippen LogP contribution is 2.29. The summed E-state index contributed by atoms with van der Waals surface area (Å²) in [6.07, 6.45) is -5.40. The molecule has 0 radical (unpaired) electrons. The van der Waals surface area contributed by atoms with Crippen molar-refractivity contribution in [3.8, 4) is 5.75 Å². The van der Waals surface area contributed by atoms with Gasteiger partial charge in [0.1, 0.15) is 31.3 Å². The molecule has 0 saturated carbocycles. The Hall–Kier alpha value is -3.08. The molecule has 1 aliphatic rings. The quantitative estimate of drug-likeness (QED) is 0.0937. The van der Waals surface area contributed by atoms with Gasteiger partial charge in [-0.3, -0.25) is 19.8 Å². The average Bonchev–Trinajstić information content (AvgIpc) is 2.87. The molecule has 0 spiro atoms. The highest BCUT2D eigenvalue weighted by Gasteiger charge is 2.37. The van der Waals surface area contributed by atoms with Gasteiger partial charge in [-0.15, -0.1) is 0 Å². The zero-order chi connectivity index (χ0) is 27.4. The van der Waals surface area contributed by atoms with Crippen LogP contribution < -0.4 is 10.1 Å². The number of amides is 1. The first-order chi connectivity index (χ1) is 17.6. The molecule has 1 saturated heterocycles. The molecule has 1 aromatic rings. The van der Waals surface area contributed by atoms with E-state index in [1.807, 2.05) is 16.8 Å². The summed E-state index contributed by atoms with van der Waals surface area (Å²) in [7, 11) is 3.66. The third-order valence-corrected chi connectivity index (χ3v) is 5.58. The van der Waals surface area contributed by atoms with Crippen LogP contribution in [0.5, 0.6) is 5.75 Å². The maximum Gasteiger partial charge on any atom is 0.407 e. The van der Waals surface area contributed by atoms with E-state index in [0.29, 0.717) is 26.1 Å². The summed E-state index contributed by atoms with van der Waals surface area (Å²) >= 11 is 0. The van der Waals surface area contributed by atoms with Crippen LogP contribution in [0, 0.1) is 10.1 Å². The zero-order valence-electron chi connectivity index (χ0n) is 20.7. The van der Waals surface area contributed by atoms with Crippen LogP contribution in [0.25, 0.3) is 0 Å². The maximum absolute atomic E-state index is 12.0. The van der Waals surface area contributed by atoms with Crippen LogP contribution in [0.3, 0.4) is 0 Å². The molecule has 1 fully saturated rings. The topological polar surface area (TPSA) is 193 Å². The molecule has 2 rings (SSSR count). The van der Waals surface area contributed by atoms with Crippen LogP contribution >= 0.6 is 0 Å². The Bertz CT molecular complexity index is 890. The lowest BCUT2D eigenvalue weighted by atomic mass is 10.0. The minimum Gasteiger partial charge on any atom is -0.465 e. The van der Waals surface area contributed by atoms with Gasteiger partial charge in [0.2, 0.25) is 6.29 Å². The molecule has 4 N–H and O–H groups in total. The van der Waals surface area contributed by atoms with Crippen molar-refractivity contribution in [3.63, 3.8) is 0 Å². The summed E-state index contributed by atoms with van der Waals surface area (Å²) in [5, 5.41) is 43.1. The van der Waals surface area contributed by atoms with Crippen LogP contribution in [0.1, 0.15) is 12.0 Å². The highest BCUT2D eigenvalue weighted by atomic mass is 16.7. The van der Waals surface area contributed by atoms with E-state index in [9.17, 15) is 35.0 Å². The smallest absolute Gasteiger partial charge is 0.407 e. The summed E-state index contributed by atoms with van der Waals surface area (Å²) in [5.74, 6) is 0.0663. The molecule has 0 bridgehead atoms. The molecule has 1 aliphatic heterocycles. The predicted molar refractivity (Wildman–Crippen MR) is 126 cm³/mol. The van der Waals surface area contributed by atoms with Gasteiger partial charge in [-0.05, 0) is 26.2 Å². The van der Waals surface area contributed by atoms with Gasteiger partial charge in [0.25, 0.3) is 12.2 Å². The maximum atomic E-state index is 12.0. The molecule has 4 atom stereocenters. The average molecular weight is 531 g/mol. The Morgan fingerprint density at radius 1 is 1.27 bits per heavy atom. The number of rotatable bonds is 15. The first-order valence-electron chi connectivity index (χ1n) is 11.5. The molecule has 1 aromatic carbocycles. The molecule has 1 amide bonds. The molecule has 15 nitrogen and oxygen atoms in total. The molecule has 208 valence electrons. The number of alkyl carbamates (subject to hydrolysis) is 1. The summed E-state index contributed by atoms with van der Waals surface area (Å²) in [6, 6.07) is 3.93. The van der Waals surface area contributed by atoms with Crippen molar-refractivity contribution in [2.24, 2.45) is 0 Å². The number of benzene rings is 1. The van der Waals surface area contributed by atoms with Crippen LogP contribution in [0.4, 0.5) is 10.5 Å². The number of hydrogen-bond acceptors (Lipinski definition) is 13. The molecule has 1 heterocycles. The first-order valence-corrected chi connectivity index (χ1v) is 11.5. The number of nitrogens with zero attached hydrogens (tertiary/aromatic N) is 3. The summed E-state index contributed by atoms with van der Waals surface area (Å²) in [5.41, 5.74) is -0.207. The molecule has 0 aliphatic carbocycles. The number of aliphatic hydroxyl groups excluding tert-OH is 3. The fourth-order valence-electron chi connectivity index (χ4n) is 3.42. The van der Waals surface area contributed by atoms with Crippen molar-refractivity contribution >= 4 is 18.3 Å². The third kappa shape index (κ3) is 10.1. The van der Waals surface area contributed by atoms with E-state index in [2.05, 4.69) is 10.1 Å². The number of carbonyl (C=O) groups excluding carboxylic acids is 2. The Labute approximate surface area is 213 Å². The molecule has 37 heavy (non-hydrogen) atoms. The number of ether oxygens (including phenoxy) is 4. The van der Waals surface area contributed by atoms with E-state index in [1.165, 1.54) is 12.1 Å². The molecular weight excluding hydrogens is 496 g/mol. The standard InChI is InChI=1S/C22H34N4O11/c1-24(7-8-25(2)13-34-14-28)6-5-23-22(31)35-12-15-3-4-16(9-17(15)26(32)33)36-20-10-18(29)21(30)19(11-27)37-20/h3-4,9,14,18-21,27,29-30H,5-8,10-13H2,1-2H3,(H,23,31). The van der Waals surface area contributed by atoms with Crippen molar-refractivity contribution < 1.29 is 48.8 Å². The number of hydrogen-bond donors (Lipinski definition) is 4. The molecule has 0 aromatic heterocycles. The third-order valence-electron chi connectivity index (χ3n) is 5.58. The normalized spacial score (nSPS) is 21.5. The minimum absolute atomic E-state index is 0.0663. The fraction of sp³-hybridized carbons (Fsp3) is 0.636. The van der Waals surface area contributed by atoms with Crippen molar-refractivity contribution in [1.29, 1.82) is 0 Å². The molecule has 4 unspecified atom stereocenters. The Kier molecular flexibility index (Phi) is 12.4. The van der Waals surface area contributed by atoms with Gasteiger partial charge < -0.3 is 44.5 Å². The zero-order valence-corrected chi connectivity index (χ0v) is 20.7. The van der Waals surface area contributed by atoms with Crippen LogP contribution in [-0.4, -0.2) is 121 Å². The van der Waals surface area contributed by atoms with Gasteiger partial charge in [0, 0.05) is 32.6 Å². The van der Waals surface area contributed by atoms with Gasteiger partial charge in [0.15, 0.2) is 0 Å². The van der Waals surface area contributed by atoms with Crippen LogP contribution in [0.2, 0.25) is 0 Å². The summed E-state index contributed by atoms with van der Waals surface area (Å²) in [6.45, 7) is 1.81. The van der Waals surface area contributed by atoms with Crippen molar-refractivity contribution in [2.45, 2.75) is 37.6 Å². The van der Waals surface area contributed by atoms with Crippen LogP contribution in [-0.2, 0) is 25.6 Å². The number of nitro groups is 1. The van der Waals surface area contributed by atoms with Crippen molar-refractivity contribution in [2.75, 3.05) is 53.6 Å². The fourth-order valence-corrected chi connectivity index (χ4v) is 3.42. The number of carbonyl (C=O) groups is 2. The first kappa shape index (κ1) is 30.1. The van der Waals surface area contributed by atoms with E-state index >= 15 is 0 Å². The number of nitro benzene ring substituents is 1. The predicted octanol–water partition coefficient (Wildman–Crippen LogP) is -0.977. The number of aliphatic hydroxyl groups is 3. The summed E-state index contributed by atoms with van der Waals surface area (Å²) in [4.78, 5) is 36.9. The Balaban J connectivity index is 1.81. The lowest BCUT2D eigenvalue weighted by Gasteiger charge is -2.36. The van der Waals surface area contributed by atoms with E-state index in [0.717, 1.165) is 6.07 Å². The number of likely N-dealkylation sites (N-methyl/N-ethyl adjacent to an activating group) is 2. The van der Waals surface area contributed by atoms with Gasteiger partial charge in [-0.25, -0.2) is 4.79 Å². The summed E-state index contributed by atoms with van der Waals surface area (Å²) < 4.78 is 20.7. The van der Waals surface area contributed by atoms with E-state index in [-0.39, 0.29) is 43.3 Å². The Morgan fingerprint density at radius 2 is 2.00 bits per heavy atom. The van der Waals surface area contributed by atoms with Gasteiger partial charge in [-0.1, -0.05) is 0 Å². The number of nitrogens with one attached hydrogen (secondary N) is 1. The second kappa shape index (κ2) is 15.2. The largest absolute Gasteiger partial charge is 0.465 e. The minimum atomic E-state index is -1.28. The van der Waals surface area contributed by atoms with E-state index < -0.39 is 42.2 Å². The van der Waals surface area contributed by atoms with Gasteiger partial charge in [0.05, 0.1) is 29.3 Å². The highest BCUT2D eigenvalue weighted by molar-refractivity contribution is 5.67. The Morgan fingerprint density at radius 3 is 2.68 bits per heavy atom.